The number of amides is 1. The Balaban J connectivity index is 1.65. The van der Waals surface area contributed by atoms with Crippen LogP contribution in [0.5, 0.6) is 5.75 Å². The molecule has 0 radical (unpaired) electrons. The Labute approximate surface area is 176 Å². The number of hydrazone groups is 1. The summed E-state index contributed by atoms with van der Waals surface area (Å²) in [5.74, 6) is -0.0216. The number of nitrogens with one attached hydrogen (secondary N) is 1. The summed E-state index contributed by atoms with van der Waals surface area (Å²) in [5, 5.41) is 9.57. The van der Waals surface area contributed by atoms with Gasteiger partial charge in [0.25, 0.3) is 5.91 Å². The molecular weight excluding hydrogens is 423 g/mol. The van der Waals surface area contributed by atoms with E-state index in [4.69, 9.17) is 39.5 Å². The molecule has 0 saturated heterocycles. The molecule has 1 heterocycles. The highest BCUT2D eigenvalue weighted by Crippen LogP contribution is 2.26. The summed E-state index contributed by atoms with van der Waals surface area (Å²) in [5.41, 5.74) is 4.22. The van der Waals surface area contributed by atoms with Crippen LogP contribution in [0.25, 0.3) is 5.69 Å². The predicted molar refractivity (Wildman–Crippen MR) is 111 cm³/mol. The zero-order valence-corrected chi connectivity index (χ0v) is 17.0. The van der Waals surface area contributed by atoms with Crippen LogP contribution in [0.4, 0.5) is 0 Å². The van der Waals surface area contributed by atoms with E-state index in [2.05, 4.69) is 15.6 Å². The third-order valence-electron chi connectivity index (χ3n) is 3.71. The maximum absolute atomic E-state index is 11.9. The van der Waals surface area contributed by atoms with Crippen LogP contribution in [0.15, 0.2) is 53.6 Å². The van der Waals surface area contributed by atoms with Gasteiger partial charge in [-0.15, -0.1) is 0 Å². The van der Waals surface area contributed by atoms with Gasteiger partial charge in [-0.2, -0.15) is 10.2 Å². The molecule has 0 aliphatic rings. The number of ether oxygens (including phenoxy) is 1. The zero-order chi connectivity index (χ0) is 20.1. The molecule has 1 aromatic heterocycles. The molecule has 0 saturated carbocycles. The molecule has 0 aliphatic carbocycles. The molecule has 0 spiro atoms. The summed E-state index contributed by atoms with van der Waals surface area (Å²) in [6.07, 6.45) is 1.42. The van der Waals surface area contributed by atoms with Crippen molar-refractivity contribution in [2.75, 3.05) is 6.61 Å². The van der Waals surface area contributed by atoms with Crippen molar-refractivity contribution in [3.8, 4) is 11.4 Å². The average Bonchev–Trinajstić information content (AvgIpc) is 2.96. The molecule has 2 aromatic carbocycles. The van der Waals surface area contributed by atoms with Gasteiger partial charge >= 0.3 is 0 Å². The topological polar surface area (TPSA) is 68.5 Å². The van der Waals surface area contributed by atoms with Crippen molar-refractivity contribution >= 4 is 46.9 Å². The van der Waals surface area contributed by atoms with E-state index in [1.165, 1.54) is 10.9 Å². The Morgan fingerprint density at radius 1 is 1.14 bits per heavy atom. The van der Waals surface area contributed by atoms with Gasteiger partial charge in [0.2, 0.25) is 0 Å². The predicted octanol–water partition coefficient (Wildman–Crippen LogP) is 4.67. The van der Waals surface area contributed by atoms with E-state index in [0.29, 0.717) is 37.9 Å². The maximum atomic E-state index is 11.9. The highest BCUT2D eigenvalue weighted by molar-refractivity contribution is 6.34. The van der Waals surface area contributed by atoms with Crippen LogP contribution in [-0.4, -0.2) is 28.5 Å². The lowest BCUT2D eigenvalue weighted by Crippen LogP contribution is -2.24. The van der Waals surface area contributed by atoms with E-state index < -0.39 is 5.91 Å². The van der Waals surface area contributed by atoms with Gasteiger partial charge in [-0.05, 0) is 31.2 Å². The van der Waals surface area contributed by atoms with Crippen molar-refractivity contribution in [1.82, 2.24) is 15.2 Å². The largest absolute Gasteiger partial charge is 0.482 e. The molecule has 0 unspecified atom stereocenters. The summed E-state index contributed by atoms with van der Waals surface area (Å²) in [7, 11) is 0. The minimum Gasteiger partial charge on any atom is -0.482 e. The number of rotatable bonds is 6. The number of hydrogen-bond acceptors (Lipinski definition) is 4. The number of carbonyl (C=O) groups excluding carboxylic acids is 1. The van der Waals surface area contributed by atoms with Crippen LogP contribution in [0.2, 0.25) is 15.2 Å². The number of aryl methyl sites for hydroxylation is 1. The number of halogens is 3. The van der Waals surface area contributed by atoms with Gasteiger partial charge in [0.15, 0.2) is 6.61 Å². The van der Waals surface area contributed by atoms with Gasteiger partial charge in [-0.1, -0.05) is 59.1 Å². The van der Waals surface area contributed by atoms with Crippen molar-refractivity contribution in [3.63, 3.8) is 0 Å². The second kappa shape index (κ2) is 9.10. The van der Waals surface area contributed by atoms with Gasteiger partial charge in [-0.25, -0.2) is 10.1 Å². The molecule has 28 heavy (non-hydrogen) atoms. The Morgan fingerprint density at radius 2 is 1.82 bits per heavy atom. The fourth-order valence-electron chi connectivity index (χ4n) is 2.35. The zero-order valence-electron chi connectivity index (χ0n) is 14.7. The molecular formula is C19H15Cl3N4O2. The van der Waals surface area contributed by atoms with Crippen LogP contribution in [-0.2, 0) is 4.79 Å². The van der Waals surface area contributed by atoms with Crippen molar-refractivity contribution in [3.05, 3.63) is 75.0 Å². The van der Waals surface area contributed by atoms with E-state index >= 15 is 0 Å². The van der Waals surface area contributed by atoms with Crippen molar-refractivity contribution in [2.45, 2.75) is 6.92 Å². The minimum atomic E-state index is -0.441. The van der Waals surface area contributed by atoms with E-state index in [-0.39, 0.29) is 6.61 Å². The fraction of sp³-hybridized carbons (Fsp3) is 0.105. The first-order chi connectivity index (χ1) is 13.5. The molecule has 144 valence electrons. The van der Waals surface area contributed by atoms with Crippen LogP contribution < -0.4 is 10.2 Å². The standard InChI is InChI=1S/C19H15Cl3N4O2/c1-12-13(19(22)26(25-12)16-8-4-2-6-14(16)20)10-23-24-18(27)11-28-17-9-5-3-7-15(17)21/h2-10H,11H2,1H3,(H,24,27)/b23-10+. The first-order valence-corrected chi connectivity index (χ1v) is 9.30. The molecule has 1 amide bonds. The lowest BCUT2D eigenvalue weighted by Gasteiger charge is -2.06. The smallest absolute Gasteiger partial charge is 0.277 e. The molecule has 0 fully saturated rings. The molecule has 0 atom stereocenters. The normalized spacial score (nSPS) is 11.0. The van der Waals surface area contributed by atoms with Gasteiger partial charge < -0.3 is 4.74 Å². The quantitative estimate of drug-likeness (QED) is 0.450. The third kappa shape index (κ3) is 4.65. The molecule has 9 heteroatoms. The summed E-state index contributed by atoms with van der Waals surface area (Å²) in [6, 6.07) is 14.1. The summed E-state index contributed by atoms with van der Waals surface area (Å²) in [4.78, 5) is 11.9. The number of hydrogen-bond donors (Lipinski definition) is 1. The molecule has 1 N–H and O–H groups in total. The van der Waals surface area contributed by atoms with Crippen LogP contribution >= 0.6 is 34.8 Å². The minimum absolute atomic E-state index is 0.229. The highest BCUT2D eigenvalue weighted by atomic mass is 35.5. The molecule has 3 rings (SSSR count). The van der Waals surface area contributed by atoms with E-state index in [9.17, 15) is 4.79 Å². The Bertz CT molecular complexity index is 1030. The Morgan fingerprint density at radius 3 is 2.54 bits per heavy atom. The molecule has 0 bridgehead atoms. The van der Waals surface area contributed by atoms with Gasteiger partial charge in [0, 0.05) is 0 Å². The summed E-state index contributed by atoms with van der Waals surface area (Å²) < 4.78 is 6.87. The van der Waals surface area contributed by atoms with Crippen molar-refractivity contribution in [2.24, 2.45) is 5.10 Å². The van der Waals surface area contributed by atoms with Crippen LogP contribution in [0.3, 0.4) is 0 Å². The van der Waals surface area contributed by atoms with Crippen molar-refractivity contribution in [1.29, 1.82) is 0 Å². The lowest BCUT2D eigenvalue weighted by atomic mass is 10.3. The first-order valence-electron chi connectivity index (χ1n) is 8.16. The Kier molecular flexibility index (Phi) is 6.57. The third-order valence-corrected chi connectivity index (χ3v) is 4.70. The van der Waals surface area contributed by atoms with Crippen LogP contribution in [0.1, 0.15) is 11.3 Å². The number of benzene rings is 2. The maximum Gasteiger partial charge on any atom is 0.277 e. The van der Waals surface area contributed by atoms with Crippen molar-refractivity contribution < 1.29 is 9.53 Å². The van der Waals surface area contributed by atoms with Gasteiger partial charge in [0.1, 0.15) is 10.9 Å². The van der Waals surface area contributed by atoms with Crippen LogP contribution in [0, 0.1) is 6.92 Å². The monoisotopic (exact) mass is 436 g/mol. The number of aromatic nitrogens is 2. The number of carbonyl (C=O) groups is 1. The van der Waals surface area contributed by atoms with Gasteiger partial charge in [-0.3, -0.25) is 4.79 Å². The first kappa shape index (κ1) is 20.2. The molecule has 3 aromatic rings. The summed E-state index contributed by atoms with van der Waals surface area (Å²) in [6.45, 7) is 1.55. The number of nitrogens with zero attached hydrogens (tertiary/aromatic N) is 3. The Hall–Kier alpha value is -2.54. The number of para-hydroxylation sites is 2. The van der Waals surface area contributed by atoms with Gasteiger partial charge in [0.05, 0.1) is 33.2 Å². The lowest BCUT2D eigenvalue weighted by molar-refractivity contribution is -0.123. The fourth-order valence-corrected chi connectivity index (χ4v) is 3.07. The average molecular weight is 438 g/mol. The van der Waals surface area contributed by atoms with E-state index in [0.717, 1.165) is 0 Å². The second-order valence-electron chi connectivity index (χ2n) is 5.67. The molecule has 0 aliphatic heterocycles. The summed E-state index contributed by atoms with van der Waals surface area (Å²) >= 11 is 18.6. The molecule has 6 nitrogen and oxygen atoms in total. The van der Waals surface area contributed by atoms with E-state index in [1.807, 2.05) is 12.1 Å². The second-order valence-corrected chi connectivity index (χ2v) is 6.84. The van der Waals surface area contributed by atoms with E-state index in [1.54, 1.807) is 43.3 Å². The highest BCUT2D eigenvalue weighted by Gasteiger charge is 2.15. The SMILES string of the molecule is Cc1nn(-c2ccccc2Cl)c(Cl)c1/C=N/NC(=O)COc1ccccc1Cl.